The Balaban J connectivity index is 1.28. The molecule has 0 radical (unpaired) electrons. The maximum atomic E-state index is 14.6. The molecule has 0 spiro atoms. The SMILES string of the molecule is CN=C(N)NC1CCC(CC2CCC(N)NC2)C2CC3C(=O)C4CC(OC)CC(OC5OC(CO)C(O)C(O)C5O)C4C(=O)C3C(O)C12. The second kappa shape index (κ2) is 14.8. The topological polar surface area (TPSA) is 251 Å². The summed E-state index contributed by atoms with van der Waals surface area (Å²) in [5.74, 6) is -3.00. The third-order valence-corrected chi connectivity index (χ3v) is 12.6. The van der Waals surface area contributed by atoms with Crippen LogP contribution in [0, 0.1) is 47.3 Å². The minimum absolute atomic E-state index is 0.00116. The van der Waals surface area contributed by atoms with Gasteiger partial charge in [0.05, 0.1) is 42.9 Å². The number of hydrogen-bond donors (Lipinski definition) is 9. The number of hydrogen-bond acceptors (Lipinski definition) is 13. The highest BCUT2D eigenvalue weighted by atomic mass is 16.7. The summed E-state index contributed by atoms with van der Waals surface area (Å²) < 4.78 is 17.5. The first-order valence-electron chi connectivity index (χ1n) is 17.7. The lowest BCUT2D eigenvalue weighted by Gasteiger charge is -2.57. The molecule has 6 aliphatic rings. The van der Waals surface area contributed by atoms with E-state index in [9.17, 15) is 35.1 Å². The zero-order chi connectivity index (χ0) is 34.4. The maximum Gasteiger partial charge on any atom is 0.188 e. The van der Waals surface area contributed by atoms with Crippen molar-refractivity contribution >= 4 is 17.5 Å². The summed E-state index contributed by atoms with van der Waals surface area (Å²) in [5, 5.41) is 60.0. The van der Waals surface area contributed by atoms with Gasteiger partial charge in [0.1, 0.15) is 36.0 Å². The second-order valence-electron chi connectivity index (χ2n) is 15.1. The highest BCUT2D eigenvalue weighted by Gasteiger charge is 2.63. The number of ketones is 2. The quantitative estimate of drug-likeness (QED) is 0.100. The van der Waals surface area contributed by atoms with E-state index in [1.165, 1.54) is 7.11 Å². The summed E-state index contributed by atoms with van der Waals surface area (Å²) in [7, 11) is 3.12. The molecule has 0 aromatic heterocycles. The normalized spacial score (nSPS) is 49.9. The summed E-state index contributed by atoms with van der Waals surface area (Å²) in [6, 6.07) is -0.227. The van der Waals surface area contributed by atoms with Crippen molar-refractivity contribution in [2.24, 2.45) is 63.8 Å². The molecule has 15 heteroatoms. The second-order valence-corrected chi connectivity index (χ2v) is 15.1. The van der Waals surface area contributed by atoms with Gasteiger partial charge >= 0.3 is 0 Å². The van der Waals surface area contributed by atoms with Gasteiger partial charge in [0.15, 0.2) is 12.2 Å². The van der Waals surface area contributed by atoms with Gasteiger partial charge in [0.25, 0.3) is 0 Å². The Morgan fingerprint density at radius 3 is 2.40 bits per heavy atom. The first kappa shape index (κ1) is 36.0. The fraction of sp³-hybridized carbons (Fsp3) is 0.909. The number of ether oxygens (including phenoxy) is 3. The Labute approximate surface area is 281 Å². The Kier molecular flexibility index (Phi) is 11.1. The predicted octanol–water partition coefficient (Wildman–Crippen LogP) is -2.42. The van der Waals surface area contributed by atoms with Gasteiger partial charge < -0.3 is 61.8 Å². The molecule has 6 rings (SSSR count). The number of guanidine groups is 1. The zero-order valence-corrected chi connectivity index (χ0v) is 27.8. The van der Waals surface area contributed by atoms with E-state index in [-0.39, 0.29) is 53.9 Å². The van der Waals surface area contributed by atoms with Gasteiger partial charge in [-0.15, -0.1) is 0 Å². The lowest BCUT2D eigenvalue weighted by atomic mass is 9.49. The van der Waals surface area contributed by atoms with Gasteiger partial charge in [-0.25, -0.2) is 0 Å². The number of nitrogens with zero attached hydrogens (tertiary/aromatic N) is 1. The minimum atomic E-state index is -1.67. The number of nitrogens with two attached hydrogens (primary N) is 2. The van der Waals surface area contributed by atoms with E-state index in [0.717, 1.165) is 38.6 Å². The van der Waals surface area contributed by atoms with Crippen LogP contribution < -0.4 is 22.1 Å². The molecule has 0 bridgehead atoms. The third kappa shape index (κ3) is 6.67. The molecule has 4 aliphatic carbocycles. The summed E-state index contributed by atoms with van der Waals surface area (Å²) in [5.41, 5.74) is 12.2. The Morgan fingerprint density at radius 2 is 1.73 bits per heavy atom. The van der Waals surface area contributed by atoms with E-state index in [2.05, 4.69) is 15.6 Å². The van der Waals surface area contributed by atoms with E-state index in [4.69, 9.17) is 25.7 Å². The van der Waals surface area contributed by atoms with Crippen LogP contribution in [0.1, 0.15) is 51.4 Å². The van der Waals surface area contributed by atoms with Crippen molar-refractivity contribution in [2.45, 2.75) is 113 Å². The van der Waals surface area contributed by atoms with Crippen molar-refractivity contribution in [1.29, 1.82) is 0 Å². The van der Waals surface area contributed by atoms with Crippen LogP contribution in [0.25, 0.3) is 0 Å². The molecule has 272 valence electrons. The van der Waals surface area contributed by atoms with Crippen molar-refractivity contribution in [1.82, 2.24) is 10.6 Å². The average Bonchev–Trinajstić information content (AvgIpc) is 3.08. The number of fused-ring (bicyclic) bond motifs is 3. The summed E-state index contributed by atoms with van der Waals surface area (Å²) in [4.78, 5) is 33.3. The molecule has 11 N–H and O–H groups in total. The van der Waals surface area contributed by atoms with Crippen LogP contribution in [0.4, 0.5) is 0 Å². The van der Waals surface area contributed by atoms with Gasteiger partial charge in [0, 0.05) is 44.4 Å². The summed E-state index contributed by atoms with van der Waals surface area (Å²) >= 11 is 0. The molecule has 0 aromatic rings. The van der Waals surface area contributed by atoms with E-state index in [1.807, 2.05) is 0 Å². The molecule has 2 aliphatic heterocycles. The largest absolute Gasteiger partial charge is 0.394 e. The number of methoxy groups -OCH3 is 1. The molecular weight excluding hydrogens is 626 g/mol. The Bertz CT molecular complexity index is 1190. The number of nitrogens with one attached hydrogen (secondary N) is 2. The molecule has 2 heterocycles. The van der Waals surface area contributed by atoms with Gasteiger partial charge in [-0.05, 0) is 69.2 Å². The first-order valence-corrected chi connectivity index (χ1v) is 17.7. The van der Waals surface area contributed by atoms with Gasteiger partial charge in [-0.3, -0.25) is 14.6 Å². The van der Waals surface area contributed by atoms with E-state index in [0.29, 0.717) is 18.8 Å². The van der Waals surface area contributed by atoms with Gasteiger partial charge in [-0.1, -0.05) is 0 Å². The third-order valence-electron chi connectivity index (χ3n) is 12.6. The van der Waals surface area contributed by atoms with Crippen molar-refractivity contribution < 1.29 is 49.3 Å². The molecule has 18 atom stereocenters. The Hall–Kier alpha value is -1.79. The predicted molar refractivity (Wildman–Crippen MR) is 171 cm³/mol. The molecule has 0 amide bonds. The summed E-state index contributed by atoms with van der Waals surface area (Å²) in [6.45, 7) is 0.197. The van der Waals surface area contributed by atoms with Gasteiger partial charge in [-0.2, -0.15) is 0 Å². The molecule has 0 aromatic carbocycles. The first-order chi connectivity index (χ1) is 23.0. The number of carbonyl (C=O) groups is 2. The molecular formula is C33H55N5O10. The van der Waals surface area contributed by atoms with Crippen LogP contribution in [-0.2, 0) is 23.8 Å². The molecule has 2 saturated heterocycles. The van der Waals surface area contributed by atoms with Crippen LogP contribution in [0.15, 0.2) is 4.99 Å². The van der Waals surface area contributed by atoms with Crippen LogP contribution in [0.2, 0.25) is 0 Å². The number of aliphatic hydroxyl groups excluding tert-OH is 5. The van der Waals surface area contributed by atoms with Crippen molar-refractivity contribution in [3.05, 3.63) is 0 Å². The van der Waals surface area contributed by atoms with Crippen LogP contribution in [-0.4, -0.2) is 132 Å². The fourth-order valence-corrected chi connectivity index (χ4v) is 10.2. The highest BCUT2D eigenvalue weighted by molar-refractivity contribution is 6.00. The van der Waals surface area contributed by atoms with Crippen molar-refractivity contribution in [3.8, 4) is 0 Å². The maximum absolute atomic E-state index is 14.6. The molecule has 15 nitrogen and oxygen atoms in total. The van der Waals surface area contributed by atoms with E-state index in [1.54, 1.807) is 7.05 Å². The van der Waals surface area contributed by atoms with E-state index >= 15 is 0 Å². The minimum Gasteiger partial charge on any atom is -0.394 e. The molecule has 18 unspecified atom stereocenters. The van der Waals surface area contributed by atoms with Gasteiger partial charge in [0.2, 0.25) is 0 Å². The lowest BCUT2D eigenvalue weighted by molar-refractivity contribution is -0.319. The van der Waals surface area contributed by atoms with Crippen LogP contribution in [0.5, 0.6) is 0 Å². The monoisotopic (exact) mass is 681 g/mol. The number of Topliss-reactive ketones (excluding diaryl/α,β-unsaturated/α-hetero) is 2. The molecule has 6 fully saturated rings. The summed E-state index contributed by atoms with van der Waals surface area (Å²) in [6.07, 6.45) is -4.53. The molecule has 48 heavy (non-hydrogen) atoms. The standard InChI is InChI=1S/C33H55N5O10/c1-36-33(35)38-19-5-4-14(7-13-3-6-22(34)37-11-13)16-10-18-25(28(42)23(16)19)29(43)24-17(26(18)40)8-15(46-2)9-20(24)47-32-31(45)30(44)27(41)21(12-39)48-32/h13-25,27-28,30-32,37,39,41-42,44-45H,3-12,34H2,1-2H3,(H3,35,36,38). The van der Waals surface area contributed by atoms with Crippen LogP contribution >= 0.6 is 0 Å². The van der Waals surface area contributed by atoms with Crippen molar-refractivity contribution in [2.75, 3.05) is 27.3 Å². The number of carbonyl (C=O) groups excluding carboxylic acids is 2. The lowest BCUT2D eigenvalue weighted by Crippen LogP contribution is -2.66. The van der Waals surface area contributed by atoms with Crippen molar-refractivity contribution in [3.63, 3.8) is 0 Å². The number of piperidine rings is 1. The van der Waals surface area contributed by atoms with E-state index < -0.39 is 79.3 Å². The van der Waals surface area contributed by atoms with Crippen LogP contribution in [0.3, 0.4) is 0 Å². The number of aliphatic hydroxyl groups is 5. The zero-order valence-electron chi connectivity index (χ0n) is 27.8. The molecule has 4 saturated carbocycles. The fourth-order valence-electron chi connectivity index (χ4n) is 10.2. The Morgan fingerprint density at radius 1 is 0.979 bits per heavy atom. The number of aliphatic imine (C=N–C) groups is 1. The highest BCUT2D eigenvalue weighted by Crippen LogP contribution is 2.55. The smallest absolute Gasteiger partial charge is 0.188 e. The number of rotatable bonds is 7. The average molecular weight is 682 g/mol.